The summed E-state index contributed by atoms with van der Waals surface area (Å²) in [6.45, 7) is 7.38. The van der Waals surface area contributed by atoms with E-state index in [4.69, 9.17) is 12.3 Å². The summed E-state index contributed by atoms with van der Waals surface area (Å²) in [5, 5.41) is 3.18. The summed E-state index contributed by atoms with van der Waals surface area (Å²) >= 11 is 0. The zero-order chi connectivity index (χ0) is 18.4. The molecular weight excluding hydrogens is 328 g/mol. The molecule has 3 heterocycles. The van der Waals surface area contributed by atoms with E-state index in [9.17, 15) is 4.79 Å². The lowest BCUT2D eigenvalue weighted by Gasteiger charge is -2.09. The quantitative estimate of drug-likeness (QED) is 0.527. The van der Waals surface area contributed by atoms with Gasteiger partial charge >= 0.3 is 0 Å². The number of hydrogen-bond acceptors (Lipinski definition) is 6. The van der Waals surface area contributed by atoms with Crippen LogP contribution in [0.4, 0.5) is 17.2 Å². The van der Waals surface area contributed by atoms with Crippen molar-refractivity contribution in [3.63, 3.8) is 0 Å². The average Bonchev–Trinajstić information content (AvgIpc) is 2.68. The van der Waals surface area contributed by atoms with E-state index in [1.54, 1.807) is 36.7 Å². The Labute approximate surface area is 150 Å². The van der Waals surface area contributed by atoms with E-state index < -0.39 is 0 Å². The molecule has 0 fully saturated rings. The molecule has 0 spiro atoms. The second kappa shape index (κ2) is 7.85. The number of aromatic nitrogens is 3. The topological polar surface area (TPSA) is 98.2 Å². The Morgan fingerprint density at radius 1 is 1.15 bits per heavy atom. The van der Waals surface area contributed by atoms with E-state index in [0.717, 1.165) is 16.9 Å². The van der Waals surface area contributed by atoms with E-state index in [0.29, 0.717) is 23.7 Å². The maximum atomic E-state index is 12.3. The van der Waals surface area contributed by atoms with Gasteiger partial charge in [-0.3, -0.25) is 14.8 Å². The summed E-state index contributed by atoms with van der Waals surface area (Å²) < 4.78 is 0. The minimum atomic E-state index is -0.108. The van der Waals surface area contributed by atoms with Gasteiger partial charge in [0.25, 0.3) is 0 Å². The molecule has 7 heteroatoms. The first-order chi connectivity index (χ1) is 12.7. The minimum absolute atomic E-state index is 0.108. The maximum absolute atomic E-state index is 12.3. The number of nitrogens with two attached hydrogens (primary N) is 1. The van der Waals surface area contributed by atoms with Crippen LogP contribution in [-0.2, 0) is 13.0 Å². The van der Waals surface area contributed by atoms with Crippen molar-refractivity contribution in [2.75, 3.05) is 11.1 Å². The molecule has 3 N–H and O–H groups in total. The van der Waals surface area contributed by atoms with Crippen LogP contribution in [0, 0.1) is 6.57 Å². The molecule has 0 aliphatic heterocycles. The number of nitrogens with one attached hydrogen (secondary N) is 1. The number of nitrogen functional groups attached to an aromatic ring is 1. The Hall–Kier alpha value is -3.79. The molecule has 0 unspecified atom stereocenters. The predicted molar refractivity (Wildman–Crippen MR) is 98.7 cm³/mol. The van der Waals surface area contributed by atoms with Crippen molar-refractivity contribution < 1.29 is 4.79 Å². The Morgan fingerprint density at radius 2 is 2.04 bits per heavy atom. The van der Waals surface area contributed by atoms with Gasteiger partial charge in [-0.05, 0) is 35.9 Å². The first-order valence-corrected chi connectivity index (χ1v) is 7.90. The summed E-state index contributed by atoms with van der Waals surface area (Å²) in [7, 11) is 0. The third-order valence-corrected chi connectivity index (χ3v) is 3.71. The van der Waals surface area contributed by atoms with Gasteiger partial charge in [0, 0.05) is 25.0 Å². The van der Waals surface area contributed by atoms with Crippen LogP contribution in [-0.4, -0.2) is 20.7 Å². The van der Waals surface area contributed by atoms with Crippen molar-refractivity contribution in [1.82, 2.24) is 15.0 Å². The molecule has 0 aliphatic carbocycles. The molecule has 3 rings (SSSR count). The lowest BCUT2D eigenvalue weighted by atomic mass is 10.1. The van der Waals surface area contributed by atoms with E-state index in [-0.39, 0.29) is 12.2 Å². The van der Waals surface area contributed by atoms with E-state index in [1.807, 2.05) is 12.1 Å². The summed E-state index contributed by atoms with van der Waals surface area (Å²) in [6.07, 6.45) is 4.92. The number of rotatable bonds is 6. The van der Waals surface area contributed by atoms with Gasteiger partial charge in [0.2, 0.25) is 5.69 Å². The van der Waals surface area contributed by atoms with Gasteiger partial charge in [0.1, 0.15) is 11.5 Å². The van der Waals surface area contributed by atoms with Crippen LogP contribution in [0.25, 0.3) is 4.85 Å². The molecule has 128 valence electrons. The van der Waals surface area contributed by atoms with Gasteiger partial charge in [0.05, 0.1) is 24.5 Å². The molecule has 0 bridgehead atoms. The minimum Gasteiger partial charge on any atom is -0.382 e. The monoisotopic (exact) mass is 344 g/mol. The van der Waals surface area contributed by atoms with E-state index in [1.165, 1.54) is 6.20 Å². The number of carbonyl (C=O) groups excluding carboxylic acids is 1. The average molecular weight is 344 g/mol. The molecular formula is C19H16N6O. The van der Waals surface area contributed by atoms with Gasteiger partial charge in [-0.15, -0.1) is 0 Å². The fourth-order valence-corrected chi connectivity index (χ4v) is 2.38. The Kier molecular flexibility index (Phi) is 5.15. The Balaban J connectivity index is 1.66. The number of carbonyl (C=O) groups is 1. The van der Waals surface area contributed by atoms with Crippen molar-refractivity contribution in [1.29, 1.82) is 0 Å². The highest BCUT2D eigenvalue weighted by Crippen LogP contribution is 2.15. The van der Waals surface area contributed by atoms with Gasteiger partial charge in [-0.1, -0.05) is 6.07 Å². The maximum Gasteiger partial charge on any atom is 0.205 e. The Bertz CT molecular complexity index is 962. The standard InChI is InChI=1S/C19H16N6O/c1-21-14-4-5-16(24-11-14)18(26)10-13-6-8-22-15(9-13)12-25-17-3-2-7-23-19(17)20/h2-9,11,25H,10,12H2,(H2,20,23). The number of ketones is 1. The fraction of sp³-hybridized carbons (Fsp3) is 0.105. The molecule has 0 saturated carbocycles. The highest BCUT2D eigenvalue weighted by molar-refractivity contribution is 5.95. The largest absolute Gasteiger partial charge is 0.382 e. The molecule has 0 radical (unpaired) electrons. The lowest BCUT2D eigenvalue weighted by molar-refractivity contribution is 0.0988. The number of hydrogen-bond donors (Lipinski definition) is 2. The molecule has 0 atom stereocenters. The summed E-state index contributed by atoms with van der Waals surface area (Å²) in [5.74, 6) is 0.316. The van der Waals surface area contributed by atoms with Gasteiger partial charge < -0.3 is 11.1 Å². The van der Waals surface area contributed by atoms with Crippen LogP contribution in [0.2, 0.25) is 0 Å². The smallest absolute Gasteiger partial charge is 0.205 e. The van der Waals surface area contributed by atoms with Crippen LogP contribution < -0.4 is 11.1 Å². The highest BCUT2D eigenvalue weighted by Gasteiger charge is 2.09. The molecule has 0 amide bonds. The van der Waals surface area contributed by atoms with Crippen LogP contribution in [0.1, 0.15) is 21.7 Å². The zero-order valence-corrected chi connectivity index (χ0v) is 13.9. The Morgan fingerprint density at radius 3 is 2.77 bits per heavy atom. The fourth-order valence-electron chi connectivity index (χ4n) is 2.38. The highest BCUT2D eigenvalue weighted by atomic mass is 16.1. The second-order valence-corrected chi connectivity index (χ2v) is 5.56. The van der Waals surface area contributed by atoms with E-state index in [2.05, 4.69) is 25.1 Å². The summed E-state index contributed by atoms with van der Waals surface area (Å²) in [4.78, 5) is 28.0. The van der Waals surface area contributed by atoms with Crippen LogP contribution >= 0.6 is 0 Å². The van der Waals surface area contributed by atoms with Crippen molar-refractivity contribution >= 4 is 23.0 Å². The normalized spacial score (nSPS) is 10.1. The zero-order valence-electron chi connectivity index (χ0n) is 13.9. The van der Waals surface area contributed by atoms with Gasteiger partial charge in [-0.25, -0.2) is 9.83 Å². The third kappa shape index (κ3) is 4.19. The molecule has 0 aliphatic rings. The summed E-state index contributed by atoms with van der Waals surface area (Å²) in [5.41, 5.74) is 8.92. The first-order valence-electron chi connectivity index (χ1n) is 7.90. The molecule has 26 heavy (non-hydrogen) atoms. The number of Topliss-reactive ketones (excluding diaryl/α,β-unsaturated/α-hetero) is 1. The van der Waals surface area contributed by atoms with Crippen molar-refractivity contribution in [3.05, 3.63) is 83.4 Å². The molecule has 3 aromatic heterocycles. The molecule has 0 saturated heterocycles. The summed E-state index contributed by atoms with van der Waals surface area (Å²) in [6, 6.07) is 10.5. The van der Waals surface area contributed by atoms with Gasteiger partial charge in [0.15, 0.2) is 5.78 Å². The van der Waals surface area contributed by atoms with Crippen molar-refractivity contribution in [2.45, 2.75) is 13.0 Å². The SMILES string of the molecule is [C-]#[N+]c1ccc(C(=O)Cc2ccnc(CNc3cccnc3N)c2)nc1. The van der Waals surface area contributed by atoms with Crippen molar-refractivity contribution in [2.24, 2.45) is 0 Å². The molecule has 7 nitrogen and oxygen atoms in total. The van der Waals surface area contributed by atoms with Crippen molar-refractivity contribution in [3.8, 4) is 0 Å². The van der Waals surface area contributed by atoms with Crippen LogP contribution in [0.5, 0.6) is 0 Å². The number of nitrogens with zero attached hydrogens (tertiary/aromatic N) is 4. The van der Waals surface area contributed by atoms with Gasteiger partial charge in [-0.2, -0.15) is 0 Å². The molecule has 3 aromatic rings. The lowest BCUT2D eigenvalue weighted by Crippen LogP contribution is -2.08. The second-order valence-electron chi connectivity index (χ2n) is 5.56. The third-order valence-electron chi connectivity index (χ3n) is 3.71. The predicted octanol–water partition coefficient (Wildman–Crippen LogP) is 3.04. The van der Waals surface area contributed by atoms with Crippen LogP contribution in [0.3, 0.4) is 0 Å². The number of pyridine rings is 3. The first kappa shape index (κ1) is 17.0. The molecule has 0 aromatic carbocycles. The van der Waals surface area contributed by atoms with Crippen LogP contribution in [0.15, 0.2) is 55.0 Å². The van der Waals surface area contributed by atoms with E-state index >= 15 is 0 Å². The number of anilines is 2.